The van der Waals surface area contributed by atoms with Crippen LogP contribution in [0.1, 0.15) is 10.4 Å². The van der Waals surface area contributed by atoms with Crippen molar-refractivity contribution in [1.29, 1.82) is 0 Å². The molecule has 1 amide bonds. The second kappa shape index (κ2) is 5.69. The van der Waals surface area contributed by atoms with Gasteiger partial charge in [0.15, 0.2) is 0 Å². The van der Waals surface area contributed by atoms with Crippen LogP contribution < -0.4 is 5.32 Å². The average molecular weight is 284 g/mol. The summed E-state index contributed by atoms with van der Waals surface area (Å²) in [5, 5.41) is 3.95. The van der Waals surface area contributed by atoms with Gasteiger partial charge in [-0.3, -0.25) is 4.79 Å². The quantitative estimate of drug-likeness (QED) is 0.911. The standard InChI is InChI=1S/C16H20N4O/c1-17-15-11-13(12-5-3-4-6-14(12)18-15)16(21)20-9-7-19(2)8-10-20/h3-6,11H,7-10H2,1-2H3,(H,17,18). The van der Waals surface area contributed by atoms with Crippen molar-refractivity contribution in [3.63, 3.8) is 0 Å². The highest BCUT2D eigenvalue weighted by Crippen LogP contribution is 2.22. The van der Waals surface area contributed by atoms with Gasteiger partial charge >= 0.3 is 0 Å². The monoisotopic (exact) mass is 284 g/mol. The highest BCUT2D eigenvalue weighted by molar-refractivity contribution is 6.07. The molecule has 1 aromatic heterocycles. The minimum Gasteiger partial charge on any atom is -0.373 e. The number of piperazine rings is 1. The minimum absolute atomic E-state index is 0.0956. The molecular weight excluding hydrogens is 264 g/mol. The highest BCUT2D eigenvalue weighted by atomic mass is 16.2. The Labute approximate surface area is 124 Å². The summed E-state index contributed by atoms with van der Waals surface area (Å²) in [5.74, 6) is 0.823. The van der Waals surface area contributed by atoms with E-state index in [9.17, 15) is 4.79 Å². The van der Waals surface area contributed by atoms with Crippen LogP contribution in [0.5, 0.6) is 0 Å². The normalized spacial score (nSPS) is 16.2. The molecule has 0 atom stereocenters. The van der Waals surface area contributed by atoms with Crippen molar-refractivity contribution in [2.75, 3.05) is 45.6 Å². The molecule has 5 nitrogen and oxygen atoms in total. The van der Waals surface area contributed by atoms with Gasteiger partial charge < -0.3 is 15.1 Å². The molecule has 0 bridgehead atoms. The SMILES string of the molecule is CNc1cc(C(=O)N2CCN(C)CC2)c2ccccc2n1. The number of nitrogens with zero attached hydrogens (tertiary/aromatic N) is 3. The Balaban J connectivity index is 2.00. The smallest absolute Gasteiger partial charge is 0.254 e. The summed E-state index contributed by atoms with van der Waals surface area (Å²) in [6.07, 6.45) is 0. The van der Waals surface area contributed by atoms with Crippen molar-refractivity contribution < 1.29 is 4.79 Å². The number of aromatic nitrogens is 1. The molecule has 3 rings (SSSR count). The summed E-state index contributed by atoms with van der Waals surface area (Å²) in [4.78, 5) is 21.5. The fraction of sp³-hybridized carbons (Fsp3) is 0.375. The molecule has 1 fully saturated rings. The first-order valence-electron chi connectivity index (χ1n) is 7.24. The van der Waals surface area contributed by atoms with Gasteiger partial charge in [0.2, 0.25) is 0 Å². The van der Waals surface area contributed by atoms with E-state index in [0.29, 0.717) is 0 Å². The maximum Gasteiger partial charge on any atom is 0.254 e. The Morgan fingerprint density at radius 3 is 2.62 bits per heavy atom. The number of benzene rings is 1. The molecule has 2 heterocycles. The summed E-state index contributed by atoms with van der Waals surface area (Å²) in [6, 6.07) is 9.65. The Hall–Kier alpha value is -2.14. The average Bonchev–Trinajstić information content (AvgIpc) is 2.53. The summed E-state index contributed by atoms with van der Waals surface area (Å²) in [5.41, 5.74) is 1.58. The number of rotatable bonds is 2. The number of likely N-dealkylation sites (N-methyl/N-ethyl adjacent to an activating group) is 1. The van der Waals surface area contributed by atoms with Crippen LogP contribution in [0.2, 0.25) is 0 Å². The van der Waals surface area contributed by atoms with E-state index in [-0.39, 0.29) is 5.91 Å². The van der Waals surface area contributed by atoms with Gasteiger partial charge in [-0.1, -0.05) is 18.2 Å². The first kappa shape index (κ1) is 13.8. The van der Waals surface area contributed by atoms with Crippen LogP contribution in [0.3, 0.4) is 0 Å². The Morgan fingerprint density at radius 2 is 1.90 bits per heavy atom. The molecule has 21 heavy (non-hydrogen) atoms. The lowest BCUT2D eigenvalue weighted by molar-refractivity contribution is 0.0666. The third kappa shape index (κ3) is 2.69. The number of hydrogen-bond donors (Lipinski definition) is 1. The number of para-hydroxylation sites is 1. The Kier molecular flexibility index (Phi) is 3.75. The maximum absolute atomic E-state index is 12.8. The van der Waals surface area contributed by atoms with Gasteiger partial charge in [0.25, 0.3) is 5.91 Å². The van der Waals surface area contributed by atoms with E-state index in [0.717, 1.165) is 48.5 Å². The lowest BCUT2D eigenvalue weighted by Gasteiger charge is -2.32. The number of nitrogens with one attached hydrogen (secondary N) is 1. The number of pyridine rings is 1. The lowest BCUT2D eigenvalue weighted by atomic mass is 10.1. The second-order valence-electron chi connectivity index (χ2n) is 5.42. The van der Waals surface area contributed by atoms with E-state index >= 15 is 0 Å². The van der Waals surface area contributed by atoms with Crippen LogP contribution in [0.25, 0.3) is 10.9 Å². The van der Waals surface area contributed by atoms with Gasteiger partial charge in [-0.2, -0.15) is 0 Å². The highest BCUT2D eigenvalue weighted by Gasteiger charge is 2.22. The fourth-order valence-corrected chi connectivity index (χ4v) is 2.66. The van der Waals surface area contributed by atoms with E-state index in [4.69, 9.17) is 0 Å². The fourth-order valence-electron chi connectivity index (χ4n) is 2.66. The van der Waals surface area contributed by atoms with Crippen LogP contribution in [-0.2, 0) is 0 Å². The van der Waals surface area contributed by atoms with Crippen molar-refractivity contribution in [2.45, 2.75) is 0 Å². The van der Waals surface area contributed by atoms with Crippen molar-refractivity contribution in [1.82, 2.24) is 14.8 Å². The zero-order valence-corrected chi connectivity index (χ0v) is 12.5. The zero-order chi connectivity index (χ0) is 14.8. The van der Waals surface area contributed by atoms with Crippen molar-refractivity contribution >= 4 is 22.6 Å². The second-order valence-corrected chi connectivity index (χ2v) is 5.42. The number of carbonyl (C=O) groups excluding carboxylic acids is 1. The molecule has 110 valence electrons. The third-order valence-electron chi connectivity index (χ3n) is 3.99. The molecule has 0 saturated carbocycles. The van der Waals surface area contributed by atoms with E-state index in [1.165, 1.54) is 0 Å². The number of hydrogen-bond acceptors (Lipinski definition) is 4. The molecule has 2 aromatic rings. The minimum atomic E-state index is 0.0956. The first-order valence-corrected chi connectivity index (χ1v) is 7.24. The van der Waals surface area contributed by atoms with Crippen LogP contribution in [0.15, 0.2) is 30.3 Å². The van der Waals surface area contributed by atoms with Crippen LogP contribution in [-0.4, -0.2) is 61.0 Å². The molecule has 0 radical (unpaired) electrons. The van der Waals surface area contributed by atoms with Crippen molar-refractivity contribution in [3.05, 3.63) is 35.9 Å². The predicted molar refractivity (Wildman–Crippen MR) is 84.7 cm³/mol. The number of amides is 1. The molecule has 0 aliphatic carbocycles. The lowest BCUT2D eigenvalue weighted by Crippen LogP contribution is -2.47. The van der Waals surface area contributed by atoms with Gasteiger partial charge in [0.1, 0.15) is 5.82 Å². The third-order valence-corrected chi connectivity index (χ3v) is 3.99. The zero-order valence-electron chi connectivity index (χ0n) is 12.5. The first-order chi connectivity index (χ1) is 10.2. The van der Waals surface area contributed by atoms with E-state index < -0.39 is 0 Å². The van der Waals surface area contributed by atoms with Crippen molar-refractivity contribution in [2.24, 2.45) is 0 Å². The molecule has 1 aromatic carbocycles. The van der Waals surface area contributed by atoms with Crippen LogP contribution >= 0.6 is 0 Å². The van der Waals surface area contributed by atoms with Gasteiger partial charge in [0, 0.05) is 38.6 Å². The topological polar surface area (TPSA) is 48.5 Å². The molecule has 1 N–H and O–H groups in total. The summed E-state index contributed by atoms with van der Waals surface area (Å²) in [6.45, 7) is 3.41. The molecule has 1 aliphatic heterocycles. The van der Waals surface area contributed by atoms with E-state index in [1.807, 2.05) is 42.3 Å². The van der Waals surface area contributed by atoms with Gasteiger partial charge in [-0.15, -0.1) is 0 Å². The molecule has 0 unspecified atom stereocenters. The molecule has 1 saturated heterocycles. The molecular formula is C16H20N4O. The van der Waals surface area contributed by atoms with Gasteiger partial charge in [0.05, 0.1) is 11.1 Å². The Bertz CT molecular complexity index is 662. The maximum atomic E-state index is 12.8. The van der Waals surface area contributed by atoms with Crippen LogP contribution in [0.4, 0.5) is 5.82 Å². The number of fused-ring (bicyclic) bond motifs is 1. The Morgan fingerprint density at radius 1 is 1.19 bits per heavy atom. The number of carbonyl (C=O) groups is 1. The van der Waals surface area contributed by atoms with E-state index in [1.54, 1.807) is 0 Å². The largest absolute Gasteiger partial charge is 0.373 e. The predicted octanol–water partition coefficient (Wildman–Crippen LogP) is 1.66. The van der Waals surface area contributed by atoms with Gasteiger partial charge in [-0.25, -0.2) is 4.98 Å². The van der Waals surface area contributed by atoms with Gasteiger partial charge in [-0.05, 0) is 19.2 Å². The summed E-state index contributed by atoms with van der Waals surface area (Å²) in [7, 11) is 3.91. The van der Waals surface area contributed by atoms with Crippen molar-refractivity contribution in [3.8, 4) is 0 Å². The summed E-state index contributed by atoms with van der Waals surface area (Å²) >= 11 is 0. The molecule has 0 spiro atoms. The summed E-state index contributed by atoms with van der Waals surface area (Å²) < 4.78 is 0. The van der Waals surface area contributed by atoms with E-state index in [2.05, 4.69) is 22.2 Å². The van der Waals surface area contributed by atoms with Crippen LogP contribution in [0, 0.1) is 0 Å². The number of anilines is 1. The molecule has 5 heteroatoms. The molecule has 1 aliphatic rings.